The molecule has 2 saturated heterocycles. The van der Waals surface area contributed by atoms with Gasteiger partial charge in [0, 0.05) is 26.2 Å². The monoisotopic (exact) mass is 410 g/mol. The van der Waals surface area contributed by atoms with Gasteiger partial charge in [-0.1, -0.05) is 30.9 Å². The third kappa shape index (κ3) is 3.76. The maximum absolute atomic E-state index is 13.1. The zero-order valence-corrected chi connectivity index (χ0v) is 17.1. The van der Waals surface area contributed by atoms with E-state index >= 15 is 0 Å². The van der Waals surface area contributed by atoms with E-state index in [1.807, 2.05) is 4.90 Å². The Morgan fingerprint density at radius 1 is 0.963 bits per heavy atom. The minimum Gasteiger partial charge on any atom is -0.338 e. The van der Waals surface area contributed by atoms with Gasteiger partial charge in [-0.2, -0.15) is 4.31 Å². The van der Waals surface area contributed by atoms with Crippen molar-refractivity contribution in [3.63, 3.8) is 0 Å². The summed E-state index contributed by atoms with van der Waals surface area (Å²) in [4.78, 5) is 15.2. The van der Waals surface area contributed by atoms with Crippen LogP contribution in [0.2, 0.25) is 5.02 Å². The van der Waals surface area contributed by atoms with E-state index in [9.17, 15) is 13.2 Å². The number of fused-ring (bicyclic) bond motifs is 1. The van der Waals surface area contributed by atoms with Gasteiger partial charge in [-0.25, -0.2) is 8.42 Å². The first-order valence-electron chi connectivity index (χ1n) is 10.1. The predicted octanol–water partition coefficient (Wildman–Crippen LogP) is 3.78. The van der Waals surface area contributed by atoms with Gasteiger partial charge in [0.2, 0.25) is 10.0 Å². The van der Waals surface area contributed by atoms with Gasteiger partial charge in [-0.3, -0.25) is 4.79 Å². The maximum atomic E-state index is 13.1. The summed E-state index contributed by atoms with van der Waals surface area (Å²) in [5.41, 5.74) is 0.311. The van der Waals surface area contributed by atoms with Crippen molar-refractivity contribution in [1.29, 1.82) is 0 Å². The quantitative estimate of drug-likeness (QED) is 0.761. The minimum atomic E-state index is -3.56. The lowest BCUT2D eigenvalue weighted by molar-refractivity contribution is 0.0521. The standard InChI is InChI=1S/C20H27ClN2O3S/c21-19-8-7-17(27(25,26)23-10-3-4-11-23)13-18(19)20(24)22-12-9-15-5-1-2-6-16(15)14-22/h7-8,13,15-16H,1-6,9-12,14H2/t15-,16-/m1/s1. The number of nitrogens with zero attached hydrogens (tertiary/aromatic N) is 2. The molecule has 0 radical (unpaired) electrons. The molecule has 1 aromatic carbocycles. The van der Waals surface area contributed by atoms with E-state index < -0.39 is 10.0 Å². The van der Waals surface area contributed by atoms with Gasteiger partial charge in [0.1, 0.15) is 0 Å². The molecule has 1 aromatic rings. The van der Waals surface area contributed by atoms with Crippen LogP contribution in [0.4, 0.5) is 0 Å². The first-order chi connectivity index (χ1) is 13.0. The molecule has 5 nitrogen and oxygen atoms in total. The van der Waals surface area contributed by atoms with E-state index in [0.29, 0.717) is 29.6 Å². The zero-order valence-electron chi connectivity index (χ0n) is 15.6. The molecule has 1 aliphatic carbocycles. The molecule has 1 amide bonds. The molecule has 0 unspecified atom stereocenters. The van der Waals surface area contributed by atoms with Crippen molar-refractivity contribution in [2.24, 2.45) is 11.8 Å². The number of carbonyl (C=O) groups excluding carboxylic acids is 1. The fourth-order valence-electron chi connectivity index (χ4n) is 4.86. The molecular weight excluding hydrogens is 384 g/mol. The Balaban J connectivity index is 1.57. The topological polar surface area (TPSA) is 57.7 Å². The highest BCUT2D eigenvalue weighted by molar-refractivity contribution is 7.89. The van der Waals surface area contributed by atoms with Crippen LogP contribution >= 0.6 is 11.6 Å². The Morgan fingerprint density at radius 2 is 1.67 bits per heavy atom. The second kappa shape index (κ2) is 7.72. The highest BCUT2D eigenvalue weighted by Crippen LogP contribution is 2.37. The number of sulfonamides is 1. The van der Waals surface area contributed by atoms with Gasteiger partial charge in [0.05, 0.1) is 15.5 Å². The summed E-state index contributed by atoms with van der Waals surface area (Å²) >= 11 is 6.30. The van der Waals surface area contributed by atoms with Gasteiger partial charge >= 0.3 is 0 Å². The smallest absolute Gasteiger partial charge is 0.255 e. The van der Waals surface area contributed by atoms with Gasteiger partial charge in [-0.15, -0.1) is 0 Å². The Hall–Kier alpha value is -1.11. The van der Waals surface area contributed by atoms with Crippen LogP contribution in [0.1, 0.15) is 55.3 Å². The SMILES string of the molecule is O=C(c1cc(S(=O)(=O)N2CCCC2)ccc1Cl)N1CC[C@H]2CCCC[C@@H]2C1. The molecule has 1 saturated carbocycles. The van der Waals surface area contributed by atoms with Crippen LogP contribution in [0, 0.1) is 11.8 Å². The molecule has 7 heteroatoms. The second-order valence-corrected chi connectivity index (χ2v) is 10.4. The largest absolute Gasteiger partial charge is 0.338 e. The van der Waals surface area contributed by atoms with Crippen molar-refractivity contribution >= 4 is 27.5 Å². The Bertz CT molecular complexity index is 821. The molecule has 148 valence electrons. The summed E-state index contributed by atoms with van der Waals surface area (Å²) < 4.78 is 27.2. The number of piperidine rings is 1. The second-order valence-electron chi connectivity index (χ2n) is 8.10. The van der Waals surface area contributed by atoms with Gasteiger partial charge < -0.3 is 4.90 Å². The number of amides is 1. The lowest BCUT2D eigenvalue weighted by Gasteiger charge is -2.41. The highest BCUT2D eigenvalue weighted by Gasteiger charge is 2.34. The number of benzene rings is 1. The third-order valence-corrected chi connectivity index (χ3v) is 8.67. The van der Waals surface area contributed by atoms with Crippen LogP contribution in [0.3, 0.4) is 0 Å². The summed E-state index contributed by atoms with van der Waals surface area (Å²) in [6.07, 6.45) is 7.82. The summed E-state index contributed by atoms with van der Waals surface area (Å²) in [5, 5.41) is 0.325. The van der Waals surface area contributed by atoms with E-state index in [1.165, 1.54) is 42.1 Å². The average molecular weight is 411 g/mol. The highest BCUT2D eigenvalue weighted by atomic mass is 35.5. The fourth-order valence-corrected chi connectivity index (χ4v) is 6.60. The van der Waals surface area contributed by atoms with Crippen molar-refractivity contribution in [1.82, 2.24) is 9.21 Å². The van der Waals surface area contributed by atoms with E-state index in [1.54, 1.807) is 6.07 Å². The lowest BCUT2D eigenvalue weighted by Crippen LogP contribution is -2.44. The number of hydrogen-bond acceptors (Lipinski definition) is 3. The molecule has 4 rings (SSSR count). The first-order valence-corrected chi connectivity index (χ1v) is 11.9. The van der Waals surface area contributed by atoms with Crippen LogP contribution in [0.15, 0.2) is 23.1 Å². The molecular formula is C20H27ClN2O3S. The number of halogens is 1. The summed E-state index contributed by atoms with van der Waals surface area (Å²) in [5.74, 6) is 1.18. The van der Waals surface area contributed by atoms with Gasteiger partial charge in [-0.05, 0) is 55.7 Å². The lowest BCUT2D eigenvalue weighted by atomic mass is 9.75. The van der Waals surface area contributed by atoms with Crippen LogP contribution in [0.25, 0.3) is 0 Å². The van der Waals surface area contributed by atoms with E-state index in [-0.39, 0.29) is 10.8 Å². The Labute approximate surface area is 166 Å². The number of hydrogen-bond donors (Lipinski definition) is 0. The van der Waals surface area contributed by atoms with Gasteiger partial charge in [0.25, 0.3) is 5.91 Å². The normalized spacial score (nSPS) is 26.8. The molecule has 2 atom stereocenters. The maximum Gasteiger partial charge on any atom is 0.255 e. The van der Waals surface area contributed by atoms with Gasteiger partial charge in [0.15, 0.2) is 0 Å². The number of rotatable bonds is 3. The Morgan fingerprint density at radius 3 is 2.41 bits per heavy atom. The molecule has 0 N–H and O–H groups in total. The zero-order chi connectivity index (χ0) is 19.0. The average Bonchev–Trinajstić information content (AvgIpc) is 3.23. The first kappa shape index (κ1) is 19.2. The van der Waals surface area contributed by atoms with Crippen molar-refractivity contribution in [2.45, 2.75) is 49.8 Å². The summed E-state index contributed by atoms with van der Waals surface area (Å²) in [7, 11) is -3.56. The minimum absolute atomic E-state index is 0.137. The van der Waals surface area contributed by atoms with Crippen LogP contribution < -0.4 is 0 Å². The van der Waals surface area contributed by atoms with Crippen LogP contribution in [-0.2, 0) is 10.0 Å². The van der Waals surface area contributed by atoms with Crippen molar-refractivity contribution in [3.8, 4) is 0 Å². The molecule has 2 heterocycles. The van der Waals surface area contributed by atoms with E-state index in [0.717, 1.165) is 38.3 Å². The number of likely N-dealkylation sites (tertiary alicyclic amines) is 1. The number of carbonyl (C=O) groups is 1. The Kier molecular flexibility index (Phi) is 5.50. The predicted molar refractivity (Wildman–Crippen MR) is 105 cm³/mol. The van der Waals surface area contributed by atoms with Crippen LogP contribution in [-0.4, -0.2) is 49.7 Å². The molecule has 27 heavy (non-hydrogen) atoms. The van der Waals surface area contributed by atoms with Crippen molar-refractivity contribution in [3.05, 3.63) is 28.8 Å². The third-order valence-electron chi connectivity index (χ3n) is 6.45. The molecule has 2 aliphatic heterocycles. The molecule has 3 aliphatic rings. The van der Waals surface area contributed by atoms with Crippen molar-refractivity contribution < 1.29 is 13.2 Å². The van der Waals surface area contributed by atoms with E-state index in [4.69, 9.17) is 11.6 Å². The van der Waals surface area contributed by atoms with E-state index in [2.05, 4.69) is 0 Å². The molecule has 0 spiro atoms. The fraction of sp³-hybridized carbons (Fsp3) is 0.650. The van der Waals surface area contributed by atoms with Crippen LogP contribution in [0.5, 0.6) is 0 Å². The summed E-state index contributed by atoms with van der Waals surface area (Å²) in [6.45, 7) is 2.59. The molecule has 0 bridgehead atoms. The summed E-state index contributed by atoms with van der Waals surface area (Å²) in [6, 6.07) is 4.54. The van der Waals surface area contributed by atoms with Crippen molar-refractivity contribution in [2.75, 3.05) is 26.2 Å². The molecule has 0 aromatic heterocycles. The molecule has 3 fully saturated rings.